The molecule has 1 saturated carbocycles. The molecule has 7 nitrogen and oxygen atoms in total. The van der Waals surface area contributed by atoms with Crippen LogP contribution in [0.1, 0.15) is 32.1 Å². The van der Waals surface area contributed by atoms with Gasteiger partial charge in [-0.15, -0.1) is 0 Å². The molecule has 160 valence electrons. The second-order valence-corrected chi connectivity index (χ2v) is 8.43. The first kappa shape index (κ1) is 20.4. The zero-order valence-electron chi connectivity index (χ0n) is 17.1. The molecule has 1 aromatic rings. The standard InChI is InChI=1S/C22H33N3O4/c26-16-18-14-24(19-6-2-3-7-20(19)29-18)15-21(27)23-17-22(8-4-1-5-9-22)25-10-12-28-13-11-25/h2-3,6-7,18,26H,1,4-5,8-17H2,(H,23,27). The number of aliphatic hydroxyl groups is 1. The minimum absolute atomic E-state index is 0.0246. The number of benzene rings is 1. The SMILES string of the molecule is O=C(CN1CC(CO)Oc2ccccc21)NCC1(N2CCOCC2)CCCCC1. The van der Waals surface area contributed by atoms with E-state index < -0.39 is 0 Å². The Hall–Kier alpha value is -1.83. The maximum absolute atomic E-state index is 12.9. The largest absolute Gasteiger partial charge is 0.484 e. The van der Waals surface area contributed by atoms with Crippen molar-refractivity contribution in [3.8, 4) is 5.75 Å². The molecule has 3 aliphatic rings. The highest BCUT2D eigenvalue weighted by Crippen LogP contribution is 2.34. The molecule has 0 bridgehead atoms. The summed E-state index contributed by atoms with van der Waals surface area (Å²) in [6, 6.07) is 7.71. The van der Waals surface area contributed by atoms with Crippen LogP contribution in [0.2, 0.25) is 0 Å². The van der Waals surface area contributed by atoms with E-state index in [0.29, 0.717) is 13.1 Å². The third kappa shape index (κ3) is 4.68. The average Bonchev–Trinajstić information content (AvgIpc) is 2.79. The van der Waals surface area contributed by atoms with Crippen LogP contribution in [-0.2, 0) is 9.53 Å². The minimum atomic E-state index is -0.310. The van der Waals surface area contributed by atoms with Gasteiger partial charge in [0.25, 0.3) is 0 Å². The number of aliphatic hydroxyl groups excluding tert-OH is 1. The first-order valence-corrected chi connectivity index (χ1v) is 10.9. The highest BCUT2D eigenvalue weighted by atomic mass is 16.5. The number of ether oxygens (including phenoxy) is 2. The van der Waals surface area contributed by atoms with Gasteiger partial charge in [0.15, 0.2) is 0 Å². The van der Waals surface area contributed by atoms with E-state index in [2.05, 4.69) is 10.2 Å². The van der Waals surface area contributed by atoms with E-state index in [4.69, 9.17) is 9.47 Å². The van der Waals surface area contributed by atoms with Gasteiger partial charge in [0.05, 0.1) is 38.6 Å². The van der Waals surface area contributed by atoms with Gasteiger partial charge in [-0.1, -0.05) is 31.4 Å². The molecule has 2 fully saturated rings. The predicted octanol–water partition coefficient (Wildman–Crippen LogP) is 1.40. The Morgan fingerprint density at radius 1 is 1.17 bits per heavy atom. The van der Waals surface area contributed by atoms with Crippen LogP contribution < -0.4 is 15.0 Å². The second kappa shape index (κ2) is 9.32. The molecule has 1 atom stereocenters. The second-order valence-electron chi connectivity index (χ2n) is 8.43. The molecule has 1 aromatic carbocycles. The monoisotopic (exact) mass is 403 g/mol. The van der Waals surface area contributed by atoms with Gasteiger partial charge >= 0.3 is 0 Å². The number of amides is 1. The number of anilines is 1. The van der Waals surface area contributed by atoms with E-state index in [1.165, 1.54) is 19.3 Å². The molecule has 1 saturated heterocycles. The van der Waals surface area contributed by atoms with E-state index in [1.807, 2.05) is 29.2 Å². The Morgan fingerprint density at radius 3 is 2.69 bits per heavy atom. The summed E-state index contributed by atoms with van der Waals surface area (Å²) in [4.78, 5) is 17.4. The van der Waals surface area contributed by atoms with Crippen molar-refractivity contribution < 1.29 is 19.4 Å². The molecule has 1 unspecified atom stereocenters. The average molecular weight is 404 g/mol. The van der Waals surface area contributed by atoms with Crippen LogP contribution in [0.15, 0.2) is 24.3 Å². The molecule has 1 amide bonds. The smallest absolute Gasteiger partial charge is 0.239 e. The summed E-state index contributed by atoms with van der Waals surface area (Å²) in [5.41, 5.74) is 0.974. The Bertz CT molecular complexity index is 686. The van der Waals surface area contributed by atoms with Crippen molar-refractivity contribution in [2.24, 2.45) is 0 Å². The molecule has 7 heteroatoms. The predicted molar refractivity (Wildman–Crippen MR) is 111 cm³/mol. The summed E-state index contributed by atoms with van der Waals surface area (Å²) in [6.07, 6.45) is 5.70. The van der Waals surface area contributed by atoms with Crippen LogP contribution in [0, 0.1) is 0 Å². The van der Waals surface area contributed by atoms with Crippen LogP contribution in [0.5, 0.6) is 5.75 Å². The Labute approximate surface area is 173 Å². The minimum Gasteiger partial charge on any atom is -0.484 e. The number of para-hydroxylation sites is 2. The summed E-state index contributed by atoms with van der Waals surface area (Å²) in [7, 11) is 0. The number of nitrogens with zero attached hydrogens (tertiary/aromatic N) is 2. The van der Waals surface area contributed by atoms with Gasteiger partial charge in [-0.05, 0) is 25.0 Å². The van der Waals surface area contributed by atoms with Gasteiger partial charge in [-0.2, -0.15) is 0 Å². The summed E-state index contributed by atoms with van der Waals surface area (Å²) in [5.74, 6) is 0.749. The van der Waals surface area contributed by atoms with E-state index in [0.717, 1.165) is 50.6 Å². The van der Waals surface area contributed by atoms with Gasteiger partial charge < -0.3 is 24.8 Å². The van der Waals surface area contributed by atoms with Crippen molar-refractivity contribution in [3.05, 3.63) is 24.3 Å². The summed E-state index contributed by atoms with van der Waals surface area (Å²) < 4.78 is 11.3. The molecule has 4 rings (SSSR count). The lowest BCUT2D eigenvalue weighted by Gasteiger charge is -2.48. The van der Waals surface area contributed by atoms with Crippen molar-refractivity contribution in [1.82, 2.24) is 10.2 Å². The maximum Gasteiger partial charge on any atom is 0.239 e. The fourth-order valence-corrected chi connectivity index (χ4v) is 4.97. The molecule has 0 aromatic heterocycles. The molecule has 0 radical (unpaired) electrons. The van der Waals surface area contributed by atoms with Gasteiger partial charge in [0.1, 0.15) is 11.9 Å². The Kier molecular flexibility index (Phi) is 6.57. The number of carbonyl (C=O) groups is 1. The van der Waals surface area contributed by atoms with Crippen LogP contribution in [-0.4, -0.2) is 80.1 Å². The molecule has 0 spiro atoms. The third-order valence-electron chi connectivity index (χ3n) is 6.54. The van der Waals surface area contributed by atoms with E-state index in [1.54, 1.807) is 0 Å². The van der Waals surface area contributed by atoms with Crippen LogP contribution in [0.4, 0.5) is 5.69 Å². The van der Waals surface area contributed by atoms with Crippen molar-refractivity contribution in [1.29, 1.82) is 0 Å². The lowest BCUT2D eigenvalue weighted by atomic mass is 9.79. The molecule has 29 heavy (non-hydrogen) atoms. The third-order valence-corrected chi connectivity index (χ3v) is 6.54. The molecule has 2 aliphatic heterocycles. The highest BCUT2D eigenvalue weighted by molar-refractivity contribution is 5.82. The molecule has 1 aliphatic carbocycles. The number of hydrogen-bond donors (Lipinski definition) is 2. The van der Waals surface area contributed by atoms with Crippen LogP contribution >= 0.6 is 0 Å². The van der Waals surface area contributed by atoms with Gasteiger partial charge in [-0.3, -0.25) is 9.69 Å². The highest BCUT2D eigenvalue weighted by Gasteiger charge is 2.39. The first-order chi connectivity index (χ1) is 14.2. The maximum atomic E-state index is 12.9. The first-order valence-electron chi connectivity index (χ1n) is 10.9. The van der Waals surface area contributed by atoms with E-state index in [9.17, 15) is 9.90 Å². The van der Waals surface area contributed by atoms with Gasteiger partial charge in [0, 0.05) is 25.2 Å². The normalized spacial score (nSPS) is 24.4. The number of carbonyl (C=O) groups excluding carboxylic acids is 1. The van der Waals surface area contributed by atoms with Crippen LogP contribution in [0.25, 0.3) is 0 Å². The molecular weight excluding hydrogens is 370 g/mol. The summed E-state index contributed by atoms with van der Waals surface area (Å²) in [5, 5.41) is 12.8. The topological polar surface area (TPSA) is 74.3 Å². The Morgan fingerprint density at radius 2 is 1.93 bits per heavy atom. The quantitative estimate of drug-likeness (QED) is 0.748. The number of morpholine rings is 1. The molecular formula is C22H33N3O4. The summed E-state index contributed by atoms with van der Waals surface area (Å²) in [6.45, 7) is 4.88. The fraction of sp³-hybridized carbons (Fsp3) is 0.682. The fourth-order valence-electron chi connectivity index (χ4n) is 4.97. The molecule has 2 heterocycles. The van der Waals surface area contributed by atoms with Crippen LogP contribution in [0.3, 0.4) is 0 Å². The number of rotatable bonds is 6. The number of nitrogens with one attached hydrogen (secondary N) is 1. The summed E-state index contributed by atoms with van der Waals surface area (Å²) >= 11 is 0. The van der Waals surface area contributed by atoms with Crippen molar-refractivity contribution >= 4 is 11.6 Å². The van der Waals surface area contributed by atoms with Gasteiger partial charge in [-0.25, -0.2) is 0 Å². The molecule has 2 N–H and O–H groups in total. The lowest BCUT2D eigenvalue weighted by Crippen LogP contribution is -2.60. The van der Waals surface area contributed by atoms with Crippen molar-refractivity contribution in [3.63, 3.8) is 0 Å². The Balaban J connectivity index is 1.39. The van der Waals surface area contributed by atoms with Crippen molar-refractivity contribution in [2.45, 2.75) is 43.7 Å². The number of fused-ring (bicyclic) bond motifs is 1. The van der Waals surface area contributed by atoms with E-state index >= 15 is 0 Å². The lowest BCUT2D eigenvalue weighted by molar-refractivity contribution is -0.121. The van der Waals surface area contributed by atoms with E-state index in [-0.39, 0.29) is 30.7 Å². The number of hydrogen-bond acceptors (Lipinski definition) is 6. The zero-order chi connectivity index (χ0) is 20.1. The zero-order valence-corrected chi connectivity index (χ0v) is 17.1. The van der Waals surface area contributed by atoms with Crippen molar-refractivity contribution in [2.75, 3.05) is 57.4 Å². The van der Waals surface area contributed by atoms with Gasteiger partial charge in [0.2, 0.25) is 5.91 Å².